The zero-order valence-corrected chi connectivity index (χ0v) is 14.0. The lowest BCUT2D eigenvalue weighted by molar-refractivity contribution is 0.0699. The molecule has 3 rings (SSSR count). The first-order valence-electron chi connectivity index (χ1n) is 6.81. The van der Waals surface area contributed by atoms with Crippen LogP contribution in [0.1, 0.15) is 17.8 Å². The number of carboxylic acid groups (broad SMARTS) is 1. The molecule has 1 heterocycles. The molecule has 0 saturated heterocycles. The molecule has 0 saturated carbocycles. The maximum atomic E-state index is 13.1. The van der Waals surface area contributed by atoms with Crippen LogP contribution in [0.15, 0.2) is 45.3 Å². The molecule has 0 atom stereocenters. The second-order valence-corrected chi connectivity index (χ2v) is 6.17. The Bertz CT molecular complexity index is 901. The Morgan fingerprint density at radius 3 is 2.38 bits per heavy atom. The second kappa shape index (κ2) is 6.65. The summed E-state index contributed by atoms with van der Waals surface area (Å²) in [5.74, 6) is -1.26. The summed E-state index contributed by atoms with van der Waals surface area (Å²) >= 11 is 3.45. The number of carboxylic acids is 1. The first-order chi connectivity index (χ1) is 10.9. The third-order valence-electron chi connectivity index (χ3n) is 3.56. The van der Waals surface area contributed by atoms with Gasteiger partial charge in [-0.25, -0.2) is 9.18 Å². The van der Waals surface area contributed by atoms with Crippen LogP contribution in [0.4, 0.5) is 10.1 Å². The van der Waals surface area contributed by atoms with E-state index in [2.05, 4.69) is 15.9 Å². The second-order valence-electron chi connectivity index (χ2n) is 5.31. The third-order valence-corrected chi connectivity index (χ3v) is 4.19. The molecule has 3 aromatic rings. The zero-order chi connectivity index (χ0) is 16.7. The molecule has 126 valence electrons. The normalized spacial score (nSPS) is 10.5. The molecule has 0 amide bonds. The van der Waals surface area contributed by atoms with Gasteiger partial charge >= 0.3 is 5.97 Å². The van der Waals surface area contributed by atoms with Crippen LogP contribution < -0.4 is 4.90 Å². The lowest BCUT2D eigenvalue weighted by Gasteiger charge is -2.14. The fourth-order valence-corrected chi connectivity index (χ4v) is 3.16. The molecule has 0 fully saturated rings. The standard InChI is InChI=1S/C17H13BrFNO3.CH4/c1-20(2)13-8-14-11(7-12(13)18)15(17(21)22)16(23-14)9-3-5-10(19)6-4-9;/h3-8H,1-2H3,(H,21,22);1H4. The average Bonchev–Trinajstić information content (AvgIpc) is 2.85. The summed E-state index contributed by atoms with van der Waals surface area (Å²) in [5.41, 5.74) is 1.92. The van der Waals surface area contributed by atoms with Crippen LogP contribution in [0.2, 0.25) is 0 Å². The van der Waals surface area contributed by atoms with Crippen molar-refractivity contribution in [2.75, 3.05) is 19.0 Å². The molecule has 0 aliphatic carbocycles. The highest BCUT2D eigenvalue weighted by atomic mass is 79.9. The van der Waals surface area contributed by atoms with E-state index in [1.165, 1.54) is 24.3 Å². The summed E-state index contributed by atoms with van der Waals surface area (Å²) in [6.45, 7) is 0. The quantitative estimate of drug-likeness (QED) is 0.646. The molecule has 4 nitrogen and oxygen atoms in total. The van der Waals surface area contributed by atoms with Crippen LogP contribution in [0.3, 0.4) is 0 Å². The minimum atomic E-state index is -1.09. The molecule has 1 N–H and O–H groups in total. The Kier molecular flexibility index (Phi) is 4.99. The Balaban J connectivity index is 0.00000208. The lowest BCUT2D eigenvalue weighted by Crippen LogP contribution is -2.09. The van der Waals surface area contributed by atoms with Crippen molar-refractivity contribution in [2.45, 2.75) is 7.43 Å². The van der Waals surface area contributed by atoms with Crippen LogP contribution in [0.5, 0.6) is 0 Å². The number of carbonyl (C=O) groups is 1. The van der Waals surface area contributed by atoms with Crippen LogP contribution in [0.25, 0.3) is 22.3 Å². The van der Waals surface area contributed by atoms with Gasteiger partial charge in [-0.15, -0.1) is 0 Å². The number of hydrogen-bond acceptors (Lipinski definition) is 3. The summed E-state index contributed by atoms with van der Waals surface area (Å²) in [6.07, 6.45) is 0. The minimum absolute atomic E-state index is 0. The number of benzene rings is 2. The smallest absolute Gasteiger partial charge is 0.340 e. The minimum Gasteiger partial charge on any atom is -0.478 e. The maximum Gasteiger partial charge on any atom is 0.340 e. The first-order valence-corrected chi connectivity index (χ1v) is 7.60. The van der Waals surface area contributed by atoms with E-state index in [0.29, 0.717) is 16.5 Å². The molecule has 0 radical (unpaired) electrons. The number of rotatable bonds is 3. The van der Waals surface area contributed by atoms with Crippen molar-refractivity contribution in [3.8, 4) is 11.3 Å². The fourth-order valence-electron chi connectivity index (χ4n) is 2.47. The van der Waals surface area contributed by atoms with Gasteiger partial charge in [0.15, 0.2) is 0 Å². The molecule has 2 aromatic carbocycles. The van der Waals surface area contributed by atoms with E-state index >= 15 is 0 Å². The van der Waals surface area contributed by atoms with Crippen LogP contribution in [-0.2, 0) is 0 Å². The van der Waals surface area contributed by atoms with Crippen molar-refractivity contribution in [2.24, 2.45) is 0 Å². The van der Waals surface area contributed by atoms with Gasteiger partial charge in [0.1, 0.15) is 22.7 Å². The number of hydrogen-bond donors (Lipinski definition) is 1. The van der Waals surface area contributed by atoms with Gasteiger partial charge in [-0.05, 0) is 46.3 Å². The van der Waals surface area contributed by atoms with Gasteiger partial charge in [-0.1, -0.05) is 7.43 Å². The molecule has 0 aliphatic heterocycles. The predicted octanol–water partition coefficient (Wildman–Crippen LogP) is 5.40. The van der Waals surface area contributed by atoms with E-state index in [0.717, 1.165) is 10.2 Å². The molecule has 0 spiro atoms. The van der Waals surface area contributed by atoms with Gasteiger partial charge in [-0.3, -0.25) is 0 Å². The van der Waals surface area contributed by atoms with Gasteiger partial charge in [0, 0.05) is 35.6 Å². The highest BCUT2D eigenvalue weighted by Crippen LogP contribution is 2.38. The summed E-state index contributed by atoms with van der Waals surface area (Å²) in [5, 5.41) is 10.1. The zero-order valence-electron chi connectivity index (χ0n) is 12.4. The molecule has 6 heteroatoms. The number of halogens is 2. The van der Waals surface area contributed by atoms with Crippen molar-refractivity contribution in [3.63, 3.8) is 0 Å². The van der Waals surface area contributed by atoms with Crippen molar-refractivity contribution in [1.29, 1.82) is 0 Å². The van der Waals surface area contributed by atoms with E-state index in [4.69, 9.17) is 4.42 Å². The Morgan fingerprint density at radius 1 is 1.21 bits per heavy atom. The molecule has 24 heavy (non-hydrogen) atoms. The topological polar surface area (TPSA) is 53.7 Å². The summed E-state index contributed by atoms with van der Waals surface area (Å²) < 4.78 is 19.7. The van der Waals surface area contributed by atoms with Crippen LogP contribution in [0, 0.1) is 5.82 Å². The molecule has 1 aromatic heterocycles. The summed E-state index contributed by atoms with van der Waals surface area (Å²) in [6, 6.07) is 9.05. The molecule has 0 aliphatic rings. The van der Waals surface area contributed by atoms with Gasteiger partial charge in [0.05, 0.1) is 5.69 Å². The van der Waals surface area contributed by atoms with Crippen molar-refractivity contribution >= 4 is 38.6 Å². The lowest BCUT2D eigenvalue weighted by atomic mass is 10.1. The number of nitrogens with zero attached hydrogens (tertiary/aromatic N) is 1. The molecular weight excluding hydrogens is 377 g/mol. The maximum absolute atomic E-state index is 13.1. The fraction of sp³-hybridized carbons (Fsp3) is 0.167. The van der Waals surface area contributed by atoms with Gasteiger partial charge in [-0.2, -0.15) is 0 Å². The Morgan fingerprint density at radius 2 is 1.83 bits per heavy atom. The third kappa shape index (κ3) is 3.01. The largest absolute Gasteiger partial charge is 0.478 e. The van der Waals surface area contributed by atoms with Crippen molar-refractivity contribution in [3.05, 3.63) is 52.3 Å². The summed E-state index contributed by atoms with van der Waals surface area (Å²) in [7, 11) is 3.77. The van der Waals surface area contributed by atoms with Gasteiger partial charge < -0.3 is 14.4 Å². The van der Waals surface area contributed by atoms with E-state index in [1.54, 1.807) is 12.1 Å². The van der Waals surface area contributed by atoms with E-state index < -0.39 is 5.97 Å². The average molecular weight is 394 g/mol. The first kappa shape index (κ1) is 18.0. The van der Waals surface area contributed by atoms with E-state index in [-0.39, 0.29) is 24.6 Å². The Hall–Kier alpha value is -2.34. The number of anilines is 1. The SMILES string of the molecule is C.CN(C)c1cc2oc(-c3ccc(F)cc3)c(C(=O)O)c2cc1Br. The number of fused-ring (bicyclic) bond motifs is 1. The van der Waals surface area contributed by atoms with E-state index in [9.17, 15) is 14.3 Å². The van der Waals surface area contributed by atoms with Crippen LogP contribution in [-0.4, -0.2) is 25.2 Å². The number of aromatic carboxylic acids is 1. The monoisotopic (exact) mass is 393 g/mol. The van der Waals surface area contributed by atoms with Gasteiger partial charge in [0.2, 0.25) is 0 Å². The molecular formula is C18H17BrFNO3. The number of furan rings is 1. The highest BCUT2D eigenvalue weighted by Gasteiger charge is 2.23. The predicted molar refractivity (Wildman–Crippen MR) is 97.3 cm³/mol. The van der Waals surface area contributed by atoms with Crippen molar-refractivity contribution < 1.29 is 18.7 Å². The molecule has 0 bridgehead atoms. The van der Waals surface area contributed by atoms with Crippen molar-refractivity contribution in [1.82, 2.24) is 0 Å². The highest BCUT2D eigenvalue weighted by molar-refractivity contribution is 9.10. The molecule has 0 unspecified atom stereocenters. The van der Waals surface area contributed by atoms with Gasteiger partial charge in [0.25, 0.3) is 0 Å². The Labute approximate surface area is 147 Å². The summed E-state index contributed by atoms with van der Waals surface area (Å²) in [4.78, 5) is 13.6. The van der Waals surface area contributed by atoms with Crippen LogP contribution >= 0.6 is 15.9 Å². The van der Waals surface area contributed by atoms with E-state index in [1.807, 2.05) is 19.0 Å².